The largest absolute Gasteiger partial charge is 0.312 e. The van der Waals surface area contributed by atoms with Gasteiger partial charge in [0.2, 0.25) is 0 Å². The van der Waals surface area contributed by atoms with Crippen molar-refractivity contribution >= 4 is 23.2 Å². The Hall–Kier alpha value is -0.310. The van der Waals surface area contributed by atoms with Crippen LogP contribution in [0, 0.1) is 11.7 Å². The quantitative estimate of drug-likeness (QED) is 0.690. The molecule has 0 aromatic heterocycles. The first-order valence-electron chi connectivity index (χ1n) is 6.38. The summed E-state index contributed by atoms with van der Waals surface area (Å²) in [5, 5.41) is 3.75. The Morgan fingerprint density at radius 2 is 2.11 bits per heavy atom. The summed E-state index contributed by atoms with van der Waals surface area (Å²) in [7, 11) is 0. The van der Waals surface area contributed by atoms with E-state index in [1.165, 1.54) is 6.07 Å². The van der Waals surface area contributed by atoms with Crippen molar-refractivity contribution in [3.63, 3.8) is 0 Å². The Bertz CT molecular complexity index is 331. The van der Waals surface area contributed by atoms with Crippen LogP contribution in [-0.4, -0.2) is 12.4 Å². The van der Waals surface area contributed by atoms with Crippen molar-refractivity contribution in [2.75, 3.05) is 12.4 Å². The third-order valence-corrected chi connectivity index (χ3v) is 3.58. The smallest absolute Gasteiger partial charge is 0.129 e. The summed E-state index contributed by atoms with van der Waals surface area (Å²) in [5.74, 6) is 0.977. The molecule has 0 aliphatic carbocycles. The second-order valence-electron chi connectivity index (χ2n) is 4.46. The van der Waals surface area contributed by atoms with Crippen LogP contribution in [0.15, 0.2) is 18.2 Å². The lowest BCUT2D eigenvalue weighted by Crippen LogP contribution is -2.23. The van der Waals surface area contributed by atoms with Gasteiger partial charge < -0.3 is 5.32 Å². The van der Waals surface area contributed by atoms with Crippen LogP contribution in [0.5, 0.6) is 0 Å². The number of hydrogen-bond acceptors (Lipinski definition) is 1. The molecule has 4 heteroatoms. The summed E-state index contributed by atoms with van der Waals surface area (Å²) in [6.07, 6.45) is 3.28. The first-order chi connectivity index (χ1) is 8.69. The number of alkyl halides is 1. The van der Waals surface area contributed by atoms with E-state index < -0.39 is 0 Å². The van der Waals surface area contributed by atoms with E-state index in [4.69, 9.17) is 23.2 Å². The molecule has 18 heavy (non-hydrogen) atoms. The molecule has 1 rings (SSSR count). The Balaban J connectivity index is 2.44. The molecule has 0 bridgehead atoms. The minimum atomic E-state index is -0.251. The number of benzene rings is 1. The van der Waals surface area contributed by atoms with Gasteiger partial charge in [0.25, 0.3) is 0 Å². The van der Waals surface area contributed by atoms with Crippen molar-refractivity contribution < 1.29 is 4.39 Å². The van der Waals surface area contributed by atoms with Gasteiger partial charge in [0.1, 0.15) is 5.82 Å². The monoisotopic (exact) mass is 291 g/mol. The fraction of sp³-hybridized carbons (Fsp3) is 0.571. The second kappa shape index (κ2) is 8.73. The maximum atomic E-state index is 13.5. The van der Waals surface area contributed by atoms with E-state index in [2.05, 4.69) is 12.2 Å². The highest BCUT2D eigenvalue weighted by Crippen LogP contribution is 2.19. The van der Waals surface area contributed by atoms with E-state index in [-0.39, 0.29) is 5.82 Å². The van der Waals surface area contributed by atoms with Crippen LogP contribution in [-0.2, 0) is 6.54 Å². The lowest BCUT2D eigenvalue weighted by Gasteiger charge is -2.16. The number of rotatable bonds is 8. The zero-order valence-corrected chi connectivity index (χ0v) is 12.2. The van der Waals surface area contributed by atoms with Crippen LogP contribution < -0.4 is 5.32 Å². The molecular formula is C14H20Cl2FN. The maximum absolute atomic E-state index is 13.5. The van der Waals surface area contributed by atoms with E-state index >= 15 is 0 Å². The highest BCUT2D eigenvalue weighted by atomic mass is 35.5. The molecule has 0 amide bonds. The first-order valence-corrected chi connectivity index (χ1v) is 7.29. The van der Waals surface area contributed by atoms with Crippen LogP contribution >= 0.6 is 23.2 Å². The van der Waals surface area contributed by atoms with Gasteiger partial charge in [-0.25, -0.2) is 4.39 Å². The maximum Gasteiger partial charge on any atom is 0.129 e. The van der Waals surface area contributed by atoms with Crippen molar-refractivity contribution in [3.05, 3.63) is 34.6 Å². The van der Waals surface area contributed by atoms with E-state index in [9.17, 15) is 4.39 Å². The van der Waals surface area contributed by atoms with Crippen molar-refractivity contribution in [2.45, 2.75) is 32.7 Å². The highest BCUT2D eigenvalue weighted by Gasteiger charge is 2.09. The van der Waals surface area contributed by atoms with Gasteiger partial charge in [-0.05, 0) is 37.4 Å². The third kappa shape index (κ3) is 5.13. The van der Waals surface area contributed by atoms with Gasteiger partial charge in [0.15, 0.2) is 0 Å². The summed E-state index contributed by atoms with van der Waals surface area (Å²) in [5.41, 5.74) is 0.542. The van der Waals surface area contributed by atoms with E-state index in [0.717, 1.165) is 25.8 Å². The molecule has 0 fully saturated rings. The summed E-state index contributed by atoms with van der Waals surface area (Å²) >= 11 is 11.7. The molecule has 1 unspecified atom stereocenters. The first kappa shape index (κ1) is 15.7. The molecule has 1 nitrogen and oxygen atoms in total. The summed E-state index contributed by atoms with van der Waals surface area (Å²) in [6.45, 7) is 3.48. The predicted molar refractivity (Wildman–Crippen MR) is 76.9 cm³/mol. The molecule has 102 valence electrons. The van der Waals surface area contributed by atoms with Gasteiger partial charge in [-0.2, -0.15) is 0 Å². The molecule has 0 saturated carbocycles. The molecule has 1 N–H and O–H groups in total. The lowest BCUT2D eigenvalue weighted by atomic mass is 10.0. The van der Waals surface area contributed by atoms with E-state index in [1.807, 2.05) is 0 Å². The Morgan fingerprint density at radius 1 is 1.33 bits per heavy atom. The van der Waals surface area contributed by atoms with Gasteiger partial charge in [0.05, 0.1) is 0 Å². The average molecular weight is 292 g/mol. The molecule has 0 aliphatic rings. The molecular weight excluding hydrogens is 272 g/mol. The number of hydrogen-bond donors (Lipinski definition) is 1. The molecule has 0 aliphatic heterocycles. The van der Waals surface area contributed by atoms with Crippen LogP contribution in [0.3, 0.4) is 0 Å². The summed E-state index contributed by atoms with van der Waals surface area (Å²) in [6, 6.07) is 4.77. The fourth-order valence-electron chi connectivity index (χ4n) is 2.01. The van der Waals surface area contributed by atoms with Gasteiger partial charge in [-0.3, -0.25) is 0 Å². The number of nitrogens with one attached hydrogen (secondary N) is 1. The van der Waals surface area contributed by atoms with Crippen molar-refractivity contribution in [1.29, 1.82) is 0 Å². The number of halogens is 3. The molecule has 0 radical (unpaired) electrons. The molecule has 1 atom stereocenters. The van der Waals surface area contributed by atoms with E-state index in [0.29, 0.717) is 28.9 Å². The van der Waals surface area contributed by atoms with Crippen LogP contribution in [0.1, 0.15) is 31.7 Å². The van der Waals surface area contributed by atoms with Crippen LogP contribution in [0.4, 0.5) is 4.39 Å². The Labute approximate surface area is 119 Å². The van der Waals surface area contributed by atoms with Crippen molar-refractivity contribution in [3.8, 4) is 0 Å². The van der Waals surface area contributed by atoms with Crippen molar-refractivity contribution in [2.24, 2.45) is 5.92 Å². The fourth-order valence-corrected chi connectivity index (χ4v) is 2.55. The lowest BCUT2D eigenvalue weighted by molar-refractivity contribution is 0.428. The van der Waals surface area contributed by atoms with Crippen LogP contribution in [0.25, 0.3) is 0 Å². The zero-order valence-electron chi connectivity index (χ0n) is 10.7. The molecule has 1 aromatic rings. The summed E-state index contributed by atoms with van der Waals surface area (Å²) in [4.78, 5) is 0. The minimum absolute atomic E-state index is 0.251. The normalized spacial score (nSPS) is 12.7. The zero-order chi connectivity index (χ0) is 13.4. The van der Waals surface area contributed by atoms with Gasteiger partial charge in [-0.1, -0.05) is 31.0 Å². The predicted octanol–water partition coefficient (Wildman–Crippen LogP) is 4.61. The topological polar surface area (TPSA) is 12.0 Å². The molecule has 0 spiro atoms. The van der Waals surface area contributed by atoms with Gasteiger partial charge in [-0.15, -0.1) is 11.6 Å². The standard InChI is InChI=1S/C14H20Cl2FN/c1-2-4-11(7-8-15)9-18-10-12-13(16)5-3-6-14(12)17/h3,5-6,11,18H,2,4,7-10H2,1H3. The molecule has 0 heterocycles. The Morgan fingerprint density at radius 3 is 2.72 bits per heavy atom. The highest BCUT2D eigenvalue weighted by molar-refractivity contribution is 6.31. The van der Waals surface area contributed by atoms with Crippen LogP contribution in [0.2, 0.25) is 5.02 Å². The SMILES string of the molecule is CCCC(CCCl)CNCc1c(F)cccc1Cl. The minimum Gasteiger partial charge on any atom is -0.312 e. The summed E-state index contributed by atoms with van der Waals surface area (Å²) < 4.78 is 13.5. The van der Waals surface area contributed by atoms with Crippen molar-refractivity contribution in [1.82, 2.24) is 5.32 Å². The Kier molecular flexibility index (Phi) is 7.64. The second-order valence-corrected chi connectivity index (χ2v) is 5.25. The van der Waals surface area contributed by atoms with Gasteiger partial charge in [0, 0.05) is 23.0 Å². The molecule has 1 aromatic carbocycles. The van der Waals surface area contributed by atoms with Gasteiger partial charge >= 0.3 is 0 Å². The molecule has 0 saturated heterocycles. The average Bonchev–Trinajstić information content (AvgIpc) is 2.33. The third-order valence-electron chi connectivity index (χ3n) is 3.01. The van der Waals surface area contributed by atoms with E-state index in [1.54, 1.807) is 12.1 Å².